The zero-order valence-electron chi connectivity index (χ0n) is 18.5. The highest BCUT2D eigenvalue weighted by Crippen LogP contribution is 2.24. The first kappa shape index (κ1) is 30.1. The van der Waals surface area contributed by atoms with Crippen molar-refractivity contribution in [2.45, 2.75) is 31.0 Å². The second-order valence-electron chi connectivity index (χ2n) is 7.75. The standard InChI is InChI=1S/C15H25N3OS.2C2HF3O2/c1-16(2)4-5-18-6-7-19-15-11-17(10-14(15)18)9-13-3-8-20-12-13;2*3-2(4,5)1(6)7/h3,8,12,14-15H,4-7,9-11H2,1-2H3;2*(H,6,7)/t14-,15+;;/m1../s1. The van der Waals surface area contributed by atoms with Gasteiger partial charge in [0.25, 0.3) is 0 Å². The Balaban J connectivity index is 0.000000343. The fourth-order valence-electron chi connectivity index (χ4n) is 3.21. The Morgan fingerprint density at radius 2 is 1.68 bits per heavy atom. The Hall–Kier alpha value is -1.94. The molecule has 0 bridgehead atoms. The van der Waals surface area contributed by atoms with Crippen LogP contribution in [0.4, 0.5) is 26.3 Å². The summed E-state index contributed by atoms with van der Waals surface area (Å²) < 4.78 is 69.5. The molecule has 0 saturated carbocycles. The molecule has 0 aliphatic carbocycles. The maximum absolute atomic E-state index is 10.6. The molecule has 196 valence electrons. The summed E-state index contributed by atoms with van der Waals surface area (Å²) in [4.78, 5) is 25.2. The number of carboxylic acids is 2. The molecule has 3 rings (SSSR count). The molecule has 0 unspecified atom stereocenters. The van der Waals surface area contributed by atoms with Gasteiger partial charge in [0.2, 0.25) is 0 Å². The molecule has 2 atom stereocenters. The maximum atomic E-state index is 10.6. The van der Waals surface area contributed by atoms with Crippen LogP contribution >= 0.6 is 11.3 Å². The number of aliphatic carboxylic acids is 2. The summed E-state index contributed by atoms with van der Waals surface area (Å²) in [6.45, 7) is 7.56. The van der Waals surface area contributed by atoms with E-state index in [9.17, 15) is 26.3 Å². The minimum absolute atomic E-state index is 0.407. The van der Waals surface area contributed by atoms with Crippen LogP contribution in [0.15, 0.2) is 16.8 Å². The van der Waals surface area contributed by atoms with E-state index >= 15 is 0 Å². The molecule has 8 nitrogen and oxygen atoms in total. The second-order valence-corrected chi connectivity index (χ2v) is 8.53. The number of rotatable bonds is 5. The Morgan fingerprint density at radius 3 is 2.12 bits per heavy atom. The van der Waals surface area contributed by atoms with Crippen LogP contribution in [0.25, 0.3) is 0 Å². The molecule has 0 aromatic carbocycles. The summed E-state index contributed by atoms with van der Waals surface area (Å²) in [5.74, 6) is -5.51. The third-order valence-electron chi connectivity index (χ3n) is 4.80. The molecular formula is C19H27F6N3O5S. The van der Waals surface area contributed by atoms with Gasteiger partial charge in [0.1, 0.15) is 0 Å². The Labute approximate surface area is 196 Å². The van der Waals surface area contributed by atoms with Gasteiger partial charge in [-0.1, -0.05) is 0 Å². The monoisotopic (exact) mass is 523 g/mol. The van der Waals surface area contributed by atoms with Gasteiger partial charge in [-0.05, 0) is 36.5 Å². The van der Waals surface area contributed by atoms with Crippen molar-refractivity contribution in [1.29, 1.82) is 0 Å². The molecule has 2 fully saturated rings. The summed E-state index contributed by atoms with van der Waals surface area (Å²) in [7, 11) is 4.30. The van der Waals surface area contributed by atoms with Crippen LogP contribution in [0.1, 0.15) is 5.56 Å². The van der Waals surface area contributed by atoms with Crippen molar-refractivity contribution in [3.05, 3.63) is 22.4 Å². The third kappa shape index (κ3) is 11.0. The lowest BCUT2D eigenvalue weighted by molar-refractivity contribution is -0.193. The molecule has 2 aliphatic rings. The van der Waals surface area contributed by atoms with Crippen LogP contribution in [0.5, 0.6) is 0 Å². The van der Waals surface area contributed by atoms with Gasteiger partial charge in [-0.3, -0.25) is 9.80 Å². The largest absolute Gasteiger partial charge is 0.490 e. The number of likely N-dealkylation sites (tertiary alicyclic amines) is 1. The van der Waals surface area contributed by atoms with E-state index in [4.69, 9.17) is 24.5 Å². The van der Waals surface area contributed by atoms with Crippen molar-refractivity contribution < 1.29 is 50.9 Å². The van der Waals surface area contributed by atoms with Crippen molar-refractivity contribution >= 4 is 23.3 Å². The van der Waals surface area contributed by atoms with Crippen LogP contribution in [-0.4, -0.2) is 115 Å². The van der Waals surface area contributed by atoms with Crippen molar-refractivity contribution in [2.75, 3.05) is 53.4 Å². The predicted molar refractivity (Wildman–Crippen MR) is 111 cm³/mol. The topological polar surface area (TPSA) is 93.5 Å². The molecular weight excluding hydrogens is 496 g/mol. The van der Waals surface area contributed by atoms with Crippen molar-refractivity contribution in [3.8, 4) is 0 Å². The lowest BCUT2D eigenvalue weighted by Crippen LogP contribution is -2.52. The van der Waals surface area contributed by atoms with E-state index < -0.39 is 24.3 Å². The Morgan fingerprint density at radius 1 is 1.12 bits per heavy atom. The number of fused-ring (bicyclic) bond motifs is 1. The van der Waals surface area contributed by atoms with Gasteiger partial charge >= 0.3 is 24.3 Å². The Kier molecular flexibility index (Phi) is 11.7. The fourth-order valence-corrected chi connectivity index (χ4v) is 3.87. The van der Waals surface area contributed by atoms with Crippen molar-refractivity contribution in [1.82, 2.24) is 14.7 Å². The molecule has 15 heteroatoms. The van der Waals surface area contributed by atoms with E-state index in [1.54, 1.807) is 11.3 Å². The average molecular weight is 523 g/mol. The van der Waals surface area contributed by atoms with E-state index in [2.05, 4.69) is 45.6 Å². The smallest absolute Gasteiger partial charge is 0.475 e. The number of hydrogen-bond acceptors (Lipinski definition) is 7. The Bertz CT molecular complexity index is 737. The van der Waals surface area contributed by atoms with E-state index in [1.165, 1.54) is 5.56 Å². The molecule has 0 spiro atoms. The first-order valence-corrected chi connectivity index (χ1v) is 10.9. The minimum Gasteiger partial charge on any atom is -0.475 e. The minimum atomic E-state index is -5.08. The highest BCUT2D eigenvalue weighted by atomic mass is 32.1. The zero-order valence-corrected chi connectivity index (χ0v) is 19.3. The molecule has 3 heterocycles. The molecule has 0 radical (unpaired) electrons. The maximum Gasteiger partial charge on any atom is 0.490 e. The van der Waals surface area contributed by atoms with Gasteiger partial charge in [-0.2, -0.15) is 37.7 Å². The van der Waals surface area contributed by atoms with Gasteiger partial charge in [0.15, 0.2) is 0 Å². The number of likely N-dealkylation sites (N-methyl/N-ethyl adjacent to an activating group) is 1. The first-order chi connectivity index (χ1) is 15.6. The van der Waals surface area contributed by atoms with Crippen LogP contribution in [0.3, 0.4) is 0 Å². The lowest BCUT2D eigenvalue weighted by atomic mass is 10.1. The average Bonchev–Trinajstić information content (AvgIpc) is 3.35. The van der Waals surface area contributed by atoms with Gasteiger partial charge in [0.05, 0.1) is 12.7 Å². The van der Waals surface area contributed by atoms with Crippen molar-refractivity contribution in [2.24, 2.45) is 0 Å². The molecule has 0 amide bonds. The van der Waals surface area contributed by atoms with E-state index in [0.29, 0.717) is 12.1 Å². The molecule has 1 aromatic rings. The fraction of sp³-hybridized carbons (Fsp3) is 0.684. The summed E-state index contributed by atoms with van der Waals surface area (Å²) in [5.41, 5.74) is 1.44. The summed E-state index contributed by atoms with van der Waals surface area (Å²) >= 11 is 1.79. The normalized spacial score (nSPS) is 21.2. The number of carbonyl (C=O) groups is 2. The van der Waals surface area contributed by atoms with Crippen LogP contribution in [0, 0.1) is 0 Å². The van der Waals surface area contributed by atoms with Crippen LogP contribution < -0.4 is 0 Å². The molecule has 34 heavy (non-hydrogen) atoms. The van der Waals surface area contributed by atoms with Gasteiger partial charge in [0, 0.05) is 45.3 Å². The van der Waals surface area contributed by atoms with Gasteiger partial charge in [-0.25, -0.2) is 9.59 Å². The van der Waals surface area contributed by atoms with E-state index in [-0.39, 0.29) is 0 Å². The second kappa shape index (κ2) is 13.2. The van der Waals surface area contributed by atoms with Crippen molar-refractivity contribution in [3.63, 3.8) is 0 Å². The van der Waals surface area contributed by atoms with E-state index in [0.717, 1.165) is 45.9 Å². The third-order valence-corrected chi connectivity index (χ3v) is 5.53. The number of hydrogen-bond donors (Lipinski definition) is 2. The quantitative estimate of drug-likeness (QED) is 0.569. The highest BCUT2D eigenvalue weighted by Gasteiger charge is 2.40. The van der Waals surface area contributed by atoms with Gasteiger partial charge in [-0.15, -0.1) is 0 Å². The number of alkyl halides is 6. The van der Waals surface area contributed by atoms with Crippen LogP contribution in [-0.2, 0) is 20.9 Å². The number of thiophene rings is 1. The zero-order chi connectivity index (χ0) is 26.1. The lowest BCUT2D eigenvalue weighted by Gasteiger charge is -2.37. The number of halogens is 6. The van der Waals surface area contributed by atoms with Gasteiger partial charge < -0.3 is 19.8 Å². The first-order valence-electron chi connectivity index (χ1n) is 9.95. The molecule has 2 N–H and O–H groups in total. The summed E-state index contributed by atoms with van der Waals surface area (Å²) in [5, 5.41) is 18.7. The highest BCUT2D eigenvalue weighted by molar-refractivity contribution is 7.07. The number of ether oxygens (including phenoxy) is 1. The number of morpholine rings is 1. The number of nitrogens with zero attached hydrogens (tertiary/aromatic N) is 3. The number of carboxylic acid groups (broad SMARTS) is 2. The van der Waals surface area contributed by atoms with Crippen LogP contribution in [0.2, 0.25) is 0 Å². The van der Waals surface area contributed by atoms with E-state index in [1.807, 2.05) is 0 Å². The predicted octanol–water partition coefficient (Wildman–Crippen LogP) is 2.46. The molecule has 2 saturated heterocycles. The summed E-state index contributed by atoms with van der Waals surface area (Å²) in [6.07, 6.45) is -9.76. The molecule has 1 aromatic heterocycles. The SMILES string of the molecule is CN(C)CCN1CCO[C@H]2CN(Cc3ccsc3)C[C@H]21.O=C(O)C(F)(F)F.O=C(O)C(F)(F)F. The summed E-state index contributed by atoms with van der Waals surface area (Å²) in [6, 6.07) is 2.82. The molecule has 2 aliphatic heterocycles.